The summed E-state index contributed by atoms with van der Waals surface area (Å²) >= 11 is 0. The van der Waals surface area contributed by atoms with Crippen LogP contribution in [0.1, 0.15) is 12.0 Å². The number of carbonyl (C=O) groups excluding carboxylic acids is 2. The van der Waals surface area contributed by atoms with E-state index in [4.69, 9.17) is 8.92 Å². The Morgan fingerprint density at radius 1 is 1.25 bits per heavy atom. The minimum absolute atomic E-state index is 0.0280. The van der Waals surface area contributed by atoms with Gasteiger partial charge in [-0.1, -0.05) is 30.3 Å². The number of hydrogen-bond acceptors (Lipinski definition) is 7. The van der Waals surface area contributed by atoms with Crippen LogP contribution in [-0.2, 0) is 35.2 Å². The van der Waals surface area contributed by atoms with E-state index in [0.717, 1.165) is 16.7 Å². The molecule has 1 saturated heterocycles. The summed E-state index contributed by atoms with van der Waals surface area (Å²) in [7, 11) is -2.50. The molecule has 2 atom stereocenters. The lowest BCUT2D eigenvalue weighted by Gasteiger charge is -2.21. The lowest BCUT2D eigenvalue weighted by Crippen LogP contribution is -2.41. The summed E-state index contributed by atoms with van der Waals surface area (Å²) in [4.78, 5) is 25.2. The summed E-state index contributed by atoms with van der Waals surface area (Å²) in [5.41, 5.74) is 0.795. The zero-order valence-corrected chi connectivity index (χ0v) is 14.2. The molecule has 2 rings (SSSR count). The Bertz CT molecular complexity index is 689. The average Bonchev–Trinajstić information content (AvgIpc) is 2.94. The summed E-state index contributed by atoms with van der Waals surface area (Å²) in [6.45, 7) is -0.0257. The molecule has 8 nitrogen and oxygen atoms in total. The molecule has 1 aromatic rings. The Labute approximate surface area is 140 Å². The highest BCUT2D eigenvalue weighted by Gasteiger charge is 2.43. The number of methoxy groups -OCH3 is 1. The average molecular weight is 357 g/mol. The minimum atomic E-state index is -3.70. The van der Waals surface area contributed by atoms with Gasteiger partial charge in [-0.05, 0) is 5.56 Å². The van der Waals surface area contributed by atoms with Crippen LogP contribution in [0.25, 0.3) is 0 Å². The zero-order chi connectivity index (χ0) is 17.7. The van der Waals surface area contributed by atoms with E-state index in [9.17, 15) is 18.0 Å². The fraction of sp³-hybridized carbons (Fsp3) is 0.467. The summed E-state index contributed by atoms with van der Waals surface area (Å²) in [6, 6.07) is 8.12. The number of esters is 1. The highest BCUT2D eigenvalue weighted by atomic mass is 32.2. The lowest BCUT2D eigenvalue weighted by molar-refractivity contribution is -0.145. The van der Waals surface area contributed by atoms with E-state index in [2.05, 4.69) is 4.74 Å². The van der Waals surface area contributed by atoms with Crippen molar-refractivity contribution in [2.24, 2.45) is 0 Å². The van der Waals surface area contributed by atoms with E-state index >= 15 is 0 Å². The van der Waals surface area contributed by atoms with Gasteiger partial charge in [-0.2, -0.15) is 8.42 Å². The first-order valence-electron chi connectivity index (χ1n) is 7.23. The van der Waals surface area contributed by atoms with Crippen molar-refractivity contribution in [3.8, 4) is 0 Å². The van der Waals surface area contributed by atoms with E-state index in [1.807, 2.05) is 18.2 Å². The van der Waals surface area contributed by atoms with Crippen molar-refractivity contribution in [3.05, 3.63) is 35.9 Å². The molecule has 132 valence electrons. The molecule has 1 fully saturated rings. The number of nitrogens with zero attached hydrogens (tertiary/aromatic N) is 1. The summed E-state index contributed by atoms with van der Waals surface area (Å²) in [6.07, 6.45) is -0.598. The topological polar surface area (TPSA) is 99.2 Å². The lowest BCUT2D eigenvalue weighted by atomic mass is 10.2. The van der Waals surface area contributed by atoms with Gasteiger partial charge in [0.25, 0.3) is 10.1 Å². The normalized spacial score (nSPS) is 20.7. The predicted octanol–water partition coefficient (Wildman–Crippen LogP) is 0.915. The monoisotopic (exact) mass is 357 g/mol. The molecule has 9 heteroatoms. The molecule has 0 aromatic heterocycles. The maximum absolute atomic E-state index is 12.3. The molecule has 24 heavy (non-hydrogen) atoms. The first-order valence-corrected chi connectivity index (χ1v) is 9.05. The van der Waals surface area contributed by atoms with E-state index in [0.29, 0.717) is 0 Å². The third kappa shape index (κ3) is 4.93. The van der Waals surface area contributed by atoms with Gasteiger partial charge in [0.1, 0.15) is 12.6 Å². The Kier molecular flexibility index (Phi) is 5.79. The molecule has 0 aliphatic carbocycles. The molecular formula is C15H19NO7S. The summed E-state index contributed by atoms with van der Waals surface area (Å²) in [5.74, 6) is -0.647. The van der Waals surface area contributed by atoms with Gasteiger partial charge in [-0.3, -0.25) is 9.08 Å². The fourth-order valence-corrected chi connectivity index (χ4v) is 3.11. The Balaban J connectivity index is 2.03. The Morgan fingerprint density at radius 3 is 2.50 bits per heavy atom. The second kappa shape index (κ2) is 7.63. The number of carbonyl (C=O) groups is 2. The van der Waals surface area contributed by atoms with Crippen LogP contribution in [0.5, 0.6) is 0 Å². The van der Waals surface area contributed by atoms with Gasteiger partial charge in [0, 0.05) is 6.42 Å². The standard InChI is InChI=1S/C15H19NO7S/c1-21-14(17)13-8-12(23-24(2,19)20)9-16(13)15(18)22-10-11-6-4-3-5-7-11/h3-7,12-13H,8-10H2,1-2H3/t12-,13-/m0/s1. The predicted molar refractivity (Wildman–Crippen MR) is 83.5 cm³/mol. The fourth-order valence-electron chi connectivity index (χ4n) is 2.48. The largest absolute Gasteiger partial charge is 0.467 e. The molecule has 1 aliphatic rings. The molecule has 0 bridgehead atoms. The molecule has 0 spiro atoms. The zero-order valence-electron chi connectivity index (χ0n) is 13.4. The van der Waals surface area contributed by atoms with Gasteiger partial charge < -0.3 is 9.47 Å². The first-order chi connectivity index (χ1) is 11.3. The van der Waals surface area contributed by atoms with Crippen LogP contribution in [0.4, 0.5) is 4.79 Å². The molecule has 1 amide bonds. The second-order valence-electron chi connectivity index (χ2n) is 5.39. The molecule has 0 saturated carbocycles. The Morgan fingerprint density at radius 2 is 1.92 bits per heavy atom. The highest BCUT2D eigenvalue weighted by Crippen LogP contribution is 2.24. The summed E-state index contributed by atoms with van der Waals surface area (Å²) < 4.78 is 37.2. The van der Waals surface area contributed by atoms with Crippen LogP contribution >= 0.6 is 0 Å². The van der Waals surface area contributed by atoms with Gasteiger partial charge >= 0.3 is 12.1 Å². The first kappa shape index (κ1) is 18.2. The smallest absolute Gasteiger partial charge is 0.410 e. The van der Waals surface area contributed by atoms with Crippen LogP contribution in [0.15, 0.2) is 30.3 Å². The Hall–Kier alpha value is -2.13. The van der Waals surface area contributed by atoms with Gasteiger partial charge in [0.15, 0.2) is 0 Å². The van der Waals surface area contributed by atoms with Crippen LogP contribution < -0.4 is 0 Å². The third-order valence-corrected chi connectivity index (χ3v) is 4.11. The quantitative estimate of drug-likeness (QED) is 0.570. The number of hydrogen-bond donors (Lipinski definition) is 0. The van der Waals surface area contributed by atoms with Crippen molar-refractivity contribution >= 4 is 22.2 Å². The third-order valence-electron chi connectivity index (χ3n) is 3.49. The summed E-state index contributed by atoms with van der Waals surface area (Å²) in [5, 5.41) is 0. The highest BCUT2D eigenvalue weighted by molar-refractivity contribution is 7.86. The van der Waals surface area contributed by atoms with Crippen molar-refractivity contribution in [2.75, 3.05) is 19.9 Å². The minimum Gasteiger partial charge on any atom is -0.467 e. The van der Waals surface area contributed by atoms with Crippen LogP contribution in [0, 0.1) is 0 Å². The molecule has 0 radical (unpaired) electrons. The van der Waals surface area contributed by atoms with Crippen molar-refractivity contribution in [1.29, 1.82) is 0 Å². The number of rotatable bonds is 5. The maximum atomic E-state index is 12.3. The van der Waals surface area contributed by atoms with Crippen molar-refractivity contribution in [1.82, 2.24) is 4.90 Å². The van der Waals surface area contributed by atoms with Crippen molar-refractivity contribution in [3.63, 3.8) is 0 Å². The molecular weight excluding hydrogens is 338 g/mol. The van der Waals surface area contributed by atoms with Gasteiger partial charge in [0.2, 0.25) is 0 Å². The molecule has 1 aromatic carbocycles. The van der Waals surface area contributed by atoms with Crippen molar-refractivity contribution < 1.29 is 31.7 Å². The molecule has 0 N–H and O–H groups in total. The van der Waals surface area contributed by atoms with Gasteiger partial charge in [0.05, 0.1) is 26.0 Å². The van der Waals surface area contributed by atoms with Crippen LogP contribution in [-0.4, -0.2) is 57.4 Å². The van der Waals surface area contributed by atoms with E-state index in [1.54, 1.807) is 12.1 Å². The SMILES string of the molecule is COC(=O)[C@@H]1C[C@H](OS(C)(=O)=O)CN1C(=O)OCc1ccccc1. The number of benzene rings is 1. The van der Waals surface area contributed by atoms with E-state index < -0.39 is 34.3 Å². The van der Waals surface area contributed by atoms with Crippen molar-refractivity contribution in [2.45, 2.75) is 25.2 Å². The molecule has 1 aliphatic heterocycles. The van der Waals surface area contributed by atoms with E-state index in [1.165, 1.54) is 7.11 Å². The number of amides is 1. The second-order valence-corrected chi connectivity index (χ2v) is 6.99. The van der Waals surface area contributed by atoms with Crippen LogP contribution in [0.3, 0.4) is 0 Å². The molecule has 1 heterocycles. The van der Waals surface area contributed by atoms with Crippen LogP contribution in [0.2, 0.25) is 0 Å². The molecule has 0 unspecified atom stereocenters. The van der Waals surface area contributed by atoms with Gasteiger partial charge in [-0.25, -0.2) is 9.59 Å². The van der Waals surface area contributed by atoms with Gasteiger partial charge in [-0.15, -0.1) is 0 Å². The maximum Gasteiger partial charge on any atom is 0.410 e. The number of likely N-dealkylation sites (tertiary alicyclic amines) is 1. The van der Waals surface area contributed by atoms with E-state index in [-0.39, 0.29) is 19.6 Å². The number of ether oxygens (including phenoxy) is 2.